The summed E-state index contributed by atoms with van der Waals surface area (Å²) in [7, 11) is 0. The molecule has 2 aromatic rings. The standard InChI is InChI=1S/C17H15NO6/c1-10(23-17(20)14-7-8-15(24-14)18(21)22)16(19)13-6-5-11-3-2-4-12(11)9-13/h5-10H,2-4H2,1H3/t10-/m0/s1. The summed E-state index contributed by atoms with van der Waals surface area (Å²) < 4.78 is 9.83. The number of rotatable bonds is 5. The lowest BCUT2D eigenvalue weighted by Crippen LogP contribution is -2.24. The van der Waals surface area contributed by atoms with E-state index < -0.39 is 22.9 Å². The molecule has 1 aliphatic rings. The van der Waals surface area contributed by atoms with E-state index >= 15 is 0 Å². The molecule has 0 amide bonds. The Labute approximate surface area is 137 Å². The van der Waals surface area contributed by atoms with Gasteiger partial charge < -0.3 is 9.15 Å². The average molecular weight is 329 g/mol. The molecule has 0 fully saturated rings. The van der Waals surface area contributed by atoms with Gasteiger partial charge in [0.25, 0.3) is 0 Å². The van der Waals surface area contributed by atoms with E-state index in [2.05, 4.69) is 0 Å². The van der Waals surface area contributed by atoms with Gasteiger partial charge in [-0.1, -0.05) is 12.1 Å². The van der Waals surface area contributed by atoms with Crippen LogP contribution in [0.15, 0.2) is 34.7 Å². The highest BCUT2D eigenvalue weighted by atomic mass is 16.7. The fourth-order valence-electron chi connectivity index (χ4n) is 2.77. The molecule has 0 N–H and O–H groups in total. The first-order valence-electron chi connectivity index (χ1n) is 7.57. The van der Waals surface area contributed by atoms with Crippen molar-refractivity contribution in [1.82, 2.24) is 0 Å². The van der Waals surface area contributed by atoms with E-state index in [-0.39, 0.29) is 11.5 Å². The van der Waals surface area contributed by atoms with Gasteiger partial charge in [0.1, 0.15) is 4.92 Å². The number of fused-ring (bicyclic) bond motifs is 1. The van der Waals surface area contributed by atoms with Crippen molar-refractivity contribution in [2.75, 3.05) is 0 Å². The van der Waals surface area contributed by atoms with Gasteiger partial charge in [-0.25, -0.2) is 4.79 Å². The molecule has 0 radical (unpaired) electrons. The van der Waals surface area contributed by atoms with Crippen LogP contribution in [0, 0.1) is 10.1 Å². The molecule has 124 valence electrons. The molecule has 0 spiro atoms. The Morgan fingerprint density at radius 2 is 1.96 bits per heavy atom. The van der Waals surface area contributed by atoms with Gasteiger partial charge in [-0.2, -0.15) is 0 Å². The number of nitrogens with zero attached hydrogens (tertiary/aromatic N) is 1. The van der Waals surface area contributed by atoms with Crippen LogP contribution in [-0.2, 0) is 17.6 Å². The third kappa shape index (κ3) is 3.05. The largest absolute Gasteiger partial charge is 0.448 e. The Morgan fingerprint density at radius 1 is 1.21 bits per heavy atom. The van der Waals surface area contributed by atoms with E-state index in [1.165, 1.54) is 12.5 Å². The smallest absolute Gasteiger partial charge is 0.433 e. The number of ketones is 1. The molecule has 0 saturated carbocycles. The third-order valence-corrected chi connectivity index (χ3v) is 4.01. The quantitative estimate of drug-likeness (QED) is 0.362. The van der Waals surface area contributed by atoms with Crippen LogP contribution in [0.2, 0.25) is 0 Å². The van der Waals surface area contributed by atoms with Gasteiger partial charge in [-0.15, -0.1) is 0 Å². The summed E-state index contributed by atoms with van der Waals surface area (Å²) in [5.41, 5.74) is 2.89. The van der Waals surface area contributed by atoms with Crippen LogP contribution < -0.4 is 0 Å². The molecule has 1 aromatic carbocycles. The predicted octanol–water partition coefficient (Wildman–Crippen LogP) is 3.10. The highest BCUT2D eigenvalue weighted by Crippen LogP contribution is 2.24. The Morgan fingerprint density at radius 3 is 2.67 bits per heavy atom. The SMILES string of the molecule is C[C@H](OC(=O)c1ccc([N+](=O)[O-])o1)C(=O)c1ccc2c(c1)CCC2. The molecule has 0 bridgehead atoms. The molecule has 7 nitrogen and oxygen atoms in total. The number of benzene rings is 1. The van der Waals surface area contributed by atoms with Crippen molar-refractivity contribution in [1.29, 1.82) is 0 Å². The molecule has 1 aromatic heterocycles. The summed E-state index contributed by atoms with van der Waals surface area (Å²) in [6.45, 7) is 1.46. The van der Waals surface area contributed by atoms with Gasteiger partial charge >= 0.3 is 11.9 Å². The second-order valence-corrected chi connectivity index (χ2v) is 5.64. The first kappa shape index (κ1) is 15.9. The number of carbonyl (C=O) groups is 2. The summed E-state index contributed by atoms with van der Waals surface area (Å²) in [6, 6.07) is 7.71. The van der Waals surface area contributed by atoms with E-state index in [1.807, 2.05) is 12.1 Å². The van der Waals surface area contributed by atoms with Crippen LogP contribution in [0.4, 0.5) is 5.88 Å². The number of nitro groups is 1. The Hall–Kier alpha value is -2.96. The fourth-order valence-corrected chi connectivity index (χ4v) is 2.77. The van der Waals surface area contributed by atoms with E-state index in [0.717, 1.165) is 37.0 Å². The second-order valence-electron chi connectivity index (χ2n) is 5.64. The minimum atomic E-state index is -1.01. The van der Waals surface area contributed by atoms with E-state index in [9.17, 15) is 19.7 Å². The average Bonchev–Trinajstić information content (AvgIpc) is 3.22. The molecule has 0 saturated heterocycles. The fraction of sp³-hybridized carbons (Fsp3) is 0.294. The van der Waals surface area contributed by atoms with Gasteiger partial charge in [0.2, 0.25) is 11.5 Å². The zero-order chi connectivity index (χ0) is 17.3. The zero-order valence-electron chi connectivity index (χ0n) is 13.0. The summed E-state index contributed by atoms with van der Waals surface area (Å²) in [4.78, 5) is 34.1. The molecule has 0 aliphatic heterocycles. The zero-order valence-corrected chi connectivity index (χ0v) is 13.0. The monoisotopic (exact) mass is 329 g/mol. The van der Waals surface area contributed by atoms with E-state index in [4.69, 9.17) is 9.15 Å². The highest BCUT2D eigenvalue weighted by molar-refractivity contribution is 6.01. The van der Waals surface area contributed by atoms with Gasteiger partial charge in [0.15, 0.2) is 6.10 Å². The molecule has 1 aliphatic carbocycles. The Balaban J connectivity index is 1.69. The van der Waals surface area contributed by atoms with Gasteiger partial charge in [-0.3, -0.25) is 14.9 Å². The van der Waals surface area contributed by atoms with Crippen molar-refractivity contribution in [2.24, 2.45) is 0 Å². The highest BCUT2D eigenvalue weighted by Gasteiger charge is 2.25. The minimum Gasteiger partial charge on any atom is -0.448 e. The van der Waals surface area contributed by atoms with Crippen molar-refractivity contribution < 1.29 is 23.7 Å². The van der Waals surface area contributed by atoms with Crippen molar-refractivity contribution in [3.8, 4) is 0 Å². The Kier molecular flexibility index (Phi) is 4.16. The molecular weight excluding hydrogens is 314 g/mol. The molecule has 1 atom stereocenters. The van der Waals surface area contributed by atoms with Crippen LogP contribution in [0.3, 0.4) is 0 Å². The maximum absolute atomic E-state index is 12.4. The number of carbonyl (C=O) groups excluding carboxylic acids is 2. The van der Waals surface area contributed by atoms with Crippen molar-refractivity contribution in [2.45, 2.75) is 32.3 Å². The predicted molar refractivity (Wildman–Crippen MR) is 83.0 cm³/mol. The van der Waals surface area contributed by atoms with Crippen LogP contribution in [0.1, 0.15) is 45.4 Å². The number of aryl methyl sites for hydroxylation is 2. The van der Waals surface area contributed by atoms with E-state index in [0.29, 0.717) is 5.56 Å². The van der Waals surface area contributed by atoms with Crippen LogP contribution in [0.5, 0.6) is 0 Å². The minimum absolute atomic E-state index is 0.310. The molecule has 7 heteroatoms. The maximum Gasteiger partial charge on any atom is 0.433 e. The lowest BCUT2D eigenvalue weighted by Gasteiger charge is -2.12. The van der Waals surface area contributed by atoms with Crippen molar-refractivity contribution >= 4 is 17.6 Å². The first-order chi connectivity index (χ1) is 11.5. The topological polar surface area (TPSA) is 99.7 Å². The van der Waals surface area contributed by atoms with Crippen molar-refractivity contribution in [3.63, 3.8) is 0 Å². The molecule has 1 heterocycles. The molecular formula is C17H15NO6. The summed E-state index contributed by atoms with van der Waals surface area (Å²) >= 11 is 0. The Bertz CT molecular complexity index is 822. The summed E-state index contributed by atoms with van der Waals surface area (Å²) in [5.74, 6) is -2.10. The van der Waals surface area contributed by atoms with Crippen LogP contribution >= 0.6 is 0 Å². The van der Waals surface area contributed by atoms with Gasteiger partial charge in [-0.05, 0) is 49.4 Å². The summed E-state index contributed by atoms with van der Waals surface area (Å²) in [6.07, 6.45) is 2.03. The number of hydrogen-bond donors (Lipinski definition) is 0. The van der Waals surface area contributed by atoms with Crippen LogP contribution in [0.25, 0.3) is 0 Å². The third-order valence-electron chi connectivity index (χ3n) is 4.01. The summed E-state index contributed by atoms with van der Waals surface area (Å²) in [5, 5.41) is 10.6. The lowest BCUT2D eigenvalue weighted by molar-refractivity contribution is -0.402. The van der Waals surface area contributed by atoms with Crippen molar-refractivity contribution in [3.05, 3.63) is 62.9 Å². The second kappa shape index (κ2) is 6.27. The number of Topliss-reactive ketones (excluding diaryl/α,β-unsaturated/α-hetero) is 1. The maximum atomic E-state index is 12.4. The molecule has 24 heavy (non-hydrogen) atoms. The number of hydrogen-bond acceptors (Lipinski definition) is 6. The first-order valence-corrected chi connectivity index (χ1v) is 7.57. The molecule has 0 unspecified atom stereocenters. The van der Waals surface area contributed by atoms with Crippen LogP contribution in [-0.4, -0.2) is 22.8 Å². The lowest BCUT2D eigenvalue weighted by atomic mass is 10.0. The van der Waals surface area contributed by atoms with Gasteiger partial charge in [0, 0.05) is 5.56 Å². The molecule has 3 rings (SSSR count). The van der Waals surface area contributed by atoms with Gasteiger partial charge in [0.05, 0.1) is 6.07 Å². The number of furan rings is 1. The van der Waals surface area contributed by atoms with E-state index in [1.54, 1.807) is 6.07 Å². The number of esters is 1. The number of ether oxygens (including phenoxy) is 1. The normalized spacial score (nSPS) is 14.0.